The standard InChI is InChI=1S/C24H23N3O3/c1-2-25-23(29)20-12-14-21(15-13-20)27-22(28)16-26-24(30)19-10-8-18(9-11-19)17-6-4-3-5-7-17/h3-15H,2,16H2,1H3,(H,25,29)(H,26,30)(H,27,28). The van der Waals surface area contributed by atoms with Crippen molar-refractivity contribution in [2.24, 2.45) is 0 Å². The summed E-state index contributed by atoms with van der Waals surface area (Å²) in [7, 11) is 0. The van der Waals surface area contributed by atoms with Crippen molar-refractivity contribution in [1.82, 2.24) is 10.6 Å². The zero-order chi connectivity index (χ0) is 21.3. The lowest BCUT2D eigenvalue weighted by Gasteiger charge is -2.09. The Hall–Kier alpha value is -3.93. The predicted molar refractivity (Wildman–Crippen MR) is 117 cm³/mol. The maximum absolute atomic E-state index is 12.3. The lowest BCUT2D eigenvalue weighted by molar-refractivity contribution is -0.115. The minimum atomic E-state index is -0.352. The zero-order valence-electron chi connectivity index (χ0n) is 16.6. The first kappa shape index (κ1) is 20.8. The van der Waals surface area contributed by atoms with Crippen LogP contribution in [0.3, 0.4) is 0 Å². The van der Waals surface area contributed by atoms with Crippen LogP contribution in [0.5, 0.6) is 0 Å². The number of rotatable bonds is 7. The quantitative estimate of drug-likeness (QED) is 0.566. The highest BCUT2D eigenvalue weighted by Crippen LogP contribution is 2.19. The van der Waals surface area contributed by atoms with Gasteiger partial charge in [0, 0.05) is 23.4 Å². The Balaban J connectivity index is 1.50. The van der Waals surface area contributed by atoms with Crippen molar-refractivity contribution in [1.29, 1.82) is 0 Å². The summed E-state index contributed by atoms with van der Waals surface area (Å²) in [5.74, 6) is -0.840. The molecule has 152 valence electrons. The summed E-state index contributed by atoms with van der Waals surface area (Å²) in [4.78, 5) is 36.1. The van der Waals surface area contributed by atoms with Crippen molar-refractivity contribution in [2.75, 3.05) is 18.4 Å². The van der Waals surface area contributed by atoms with E-state index in [2.05, 4.69) is 16.0 Å². The van der Waals surface area contributed by atoms with Gasteiger partial charge in [-0.1, -0.05) is 42.5 Å². The van der Waals surface area contributed by atoms with Crippen LogP contribution < -0.4 is 16.0 Å². The van der Waals surface area contributed by atoms with E-state index in [1.54, 1.807) is 36.4 Å². The van der Waals surface area contributed by atoms with Gasteiger partial charge in [-0.3, -0.25) is 14.4 Å². The molecule has 0 bridgehead atoms. The molecule has 3 aromatic rings. The summed E-state index contributed by atoms with van der Waals surface area (Å²) in [6.07, 6.45) is 0. The molecular formula is C24H23N3O3. The molecule has 0 heterocycles. The Bertz CT molecular complexity index is 1010. The fraction of sp³-hybridized carbons (Fsp3) is 0.125. The molecule has 0 aromatic heterocycles. The number of hydrogen-bond acceptors (Lipinski definition) is 3. The van der Waals surface area contributed by atoms with E-state index in [-0.39, 0.29) is 24.3 Å². The molecule has 0 unspecified atom stereocenters. The largest absolute Gasteiger partial charge is 0.352 e. The molecule has 0 saturated heterocycles. The Kier molecular flexibility index (Phi) is 6.95. The molecule has 0 spiro atoms. The molecule has 0 radical (unpaired) electrons. The van der Waals surface area contributed by atoms with Gasteiger partial charge in [-0.25, -0.2) is 0 Å². The van der Waals surface area contributed by atoms with E-state index in [4.69, 9.17) is 0 Å². The minimum absolute atomic E-state index is 0.155. The summed E-state index contributed by atoms with van der Waals surface area (Å²) < 4.78 is 0. The molecule has 3 amide bonds. The van der Waals surface area contributed by atoms with Gasteiger partial charge in [-0.05, 0) is 54.4 Å². The van der Waals surface area contributed by atoms with Crippen molar-refractivity contribution in [3.63, 3.8) is 0 Å². The number of nitrogens with one attached hydrogen (secondary N) is 3. The van der Waals surface area contributed by atoms with Gasteiger partial charge in [0.2, 0.25) is 5.91 Å². The van der Waals surface area contributed by atoms with Crippen LogP contribution in [0.2, 0.25) is 0 Å². The second kappa shape index (κ2) is 10.0. The van der Waals surface area contributed by atoms with E-state index in [1.807, 2.05) is 49.4 Å². The van der Waals surface area contributed by atoms with E-state index >= 15 is 0 Å². The highest BCUT2D eigenvalue weighted by Gasteiger charge is 2.09. The monoisotopic (exact) mass is 401 g/mol. The van der Waals surface area contributed by atoms with Gasteiger partial charge in [-0.15, -0.1) is 0 Å². The van der Waals surface area contributed by atoms with Crippen LogP contribution in [0.1, 0.15) is 27.6 Å². The van der Waals surface area contributed by atoms with E-state index in [0.717, 1.165) is 11.1 Å². The maximum atomic E-state index is 12.3. The molecule has 3 rings (SSSR count). The molecule has 3 N–H and O–H groups in total. The number of hydrogen-bond donors (Lipinski definition) is 3. The Morgan fingerprint density at radius 3 is 1.80 bits per heavy atom. The molecule has 0 saturated carbocycles. The number of amides is 3. The van der Waals surface area contributed by atoms with Crippen LogP contribution >= 0.6 is 0 Å². The minimum Gasteiger partial charge on any atom is -0.352 e. The molecule has 6 heteroatoms. The summed E-state index contributed by atoms with van der Waals surface area (Å²) in [6, 6.07) is 23.6. The van der Waals surface area contributed by atoms with Crippen LogP contribution in [0.15, 0.2) is 78.9 Å². The smallest absolute Gasteiger partial charge is 0.251 e. The summed E-state index contributed by atoms with van der Waals surface area (Å²) in [5.41, 5.74) is 3.63. The number of benzene rings is 3. The SMILES string of the molecule is CCNC(=O)c1ccc(NC(=O)CNC(=O)c2ccc(-c3ccccc3)cc2)cc1. The van der Waals surface area contributed by atoms with Gasteiger partial charge in [0.1, 0.15) is 0 Å². The number of carbonyl (C=O) groups is 3. The first-order valence-corrected chi connectivity index (χ1v) is 9.68. The van der Waals surface area contributed by atoms with Crippen molar-refractivity contribution < 1.29 is 14.4 Å². The number of carbonyl (C=O) groups excluding carboxylic acids is 3. The molecule has 3 aromatic carbocycles. The third-order valence-corrected chi connectivity index (χ3v) is 4.43. The Morgan fingerprint density at radius 1 is 0.667 bits per heavy atom. The maximum Gasteiger partial charge on any atom is 0.251 e. The van der Waals surface area contributed by atoms with Gasteiger partial charge in [0.15, 0.2) is 0 Å². The highest BCUT2D eigenvalue weighted by atomic mass is 16.2. The van der Waals surface area contributed by atoms with Crippen molar-refractivity contribution in [2.45, 2.75) is 6.92 Å². The van der Waals surface area contributed by atoms with Gasteiger partial charge >= 0.3 is 0 Å². The summed E-state index contributed by atoms with van der Waals surface area (Å²) >= 11 is 0. The molecule has 0 aliphatic heterocycles. The Morgan fingerprint density at radius 2 is 1.20 bits per heavy atom. The van der Waals surface area contributed by atoms with Crippen LogP contribution in [0, 0.1) is 0 Å². The first-order valence-electron chi connectivity index (χ1n) is 9.68. The third-order valence-electron chi connectivity index (χ3n) is 4.43. The molecular weight excluding hydrogens is 378 g/mol. The fourth-order valence-corrected chi connectivity index (χ4v) is 2.88. The van der Waals surface area contributed by atoms with Crippen molar-refractivity contribution in [3.05, 3.63) is 90.0 Å². The average Bonchev–Trinajstić information content (AvgIpc) is 2.79. The van der Waals surface area contributed by atoms with E-state index in [9.17, 15) is 14.4 Å². The molecule has 0 aliphatic rings. The number of anilines is 1. The predicted octanol–water partition coefficient (Wildman–Crippen LogP) is 3.47. The van der Waals surface area contributed by atoms with Gasteiger partial charge in [-0.2, -0.15) is 0 Å². The van der Waals surface area contributed by atoms with Crippen LogP contribution in [-0.2, 0) is 4.79 Å². The Labute approximate surface area is 175 Å². The summed E-state index contributed by atoms with van der Waals surface area (Å²) in [5, 5.41) is 8.01. The lowest BCUT2D eigenvalue weighted by atomic mass is 10.0. The average molecular weight is 401 g/mol. The van der Waals surface area contributed by atoms with Gasteiger partial charge in [0.05, 0.1) is 6.54 Å². The van der Waals surface area contributed by atoms with Crippen LogP contribution in [-0.4, -0.2) is 30.8 Å². The lowest BCUT2D eigenvalue weighted by Crippen LogP contribution is -2.32. The fourth-order valence-electron chi connectivity index (χ4n) is 2.88. The van der Waals surface area contributed by atoms with E-state index in [1.165, 1.54) is 0 Å². The normalized spacial score (nSPS) is 10.2. The summed E-state index contributed by atoms with van der Waals surface area (Å²) in [6.45, 7) is 2.24. The zero-order valence-corrected chi connectivity index (χ0v) is 16.6. The molecule has 30 heavy (non-hydrogen) atoms. The third kappa shape index (κ3) is 5.54. The van der Waals surface area contributed by atoms with Crippen LogP contribution in [0.4, 0.5) is 5.69 Å². The highest BCUT2D eigenvalue weighted by molar-refractivity contribution is 6.00. The van der Waals surface area contributed by atoms with Crippen molar-refractivity contribution >= 4 is 23.4 Å². The second-order valence-corrected chi connectivity index (χ2v) is 6.61. The first-order chi connectivity index (χ1) is 14.6. The molecule has 0 atom stereocenters. The van der Waals surface area contributed by atoms with E-state index in [0.29, 0.717) is 23.4 Å². The van der Waals surface area contributed by atoms with Gasteiger partial charge < -0.3 is 16.0 Å². The topological polar surface area (TPSA) is 87.3 Å². The van der Waals surface area contributed by atoms with Crippen molar-refractivity contribution in [3.8, 4) is 11.1 Å². The van der Waals surface area contributed by atoms with Gasteiger partial charge in [0.25, 0.3) is 11.8 Å². The second-order valence-electron chi connectivity index (χ2n) is 6.61. The molecule has 0 fully saturated rings. The van der Waals surface area contributed by atoms with E-state index < -0.39 is 0 Å². The molecule has 6 nitrogen and oxygen atoms in total. The van der Waals surface area contributed by atoms with Crippen LogP contribution in [0.25, 0.3) is 11.1 Å². The molecule has 0 aliphatic carbocycles.